The van der Waals surface area contributed by atoms with Gasteiger partial charge in [0.25, 0.3) is 0 Å². The van der Waals surface area contributed by atoms with Gasteiger partial charge in [-0.15, -0.1) is 0 Å². The van der Waals surface area contributed by atoms with E-state index in [9.17, 15) is 9.59 Å². The first-order valence-electron chi connectivity index (χ1n) is 6.94. The van der Waals surface area contributed by atoms with Crippen LogP contribution >= 0.6 is 0 Å². The highest BCUT2D eigenvalue weighted by Gasteiger charge is 2.41. The third kappa shape index (κ3) is 2.70. The van der Waals surface area contributed by atoms with E-state index in [1.54, 1.807) is 6.92 Å². The normalized spacial score (nSPS) is 24.1. The van der Waals surface area contributed by atoms with Crippen LogP contribution in [0.1, 0.15) is 64.7 Å². The van der Waals surface area contributed by atoms with Crippen molar-refractivity contribution >= 4 is 11.7 Å². The number of amides is 1. The molecule has 0 spiro atoms. The summed E-state index contributed by atoms with van der Waals surface area (Å²) in [5.41, 5.74) is 0.0253. The molecule has 0 radical (unpaired) electrons. The summed E-state index contributed by atoms with van der Waals surface area (Å²) in [6.07, 6.45) is 9.13. The first-order chi connectivity index (χ1) is 8.14. The molecular weight excluding hydrogens is 214 g/mol. The molecule has 96 valence electrons. The molecule has 1 amide bonds. The monoisotopic (exact) mass is 237 g/mol. The predicted molar refractivity (Wildman–Crippen MR) is 66.7 cm³/mol. The fourth-order valence-electron chi connectivity index (χ4n) is 3.42. The van der Waals surface area contributed by atoms with Crippen LogP contribution < -0.4 is 0 Å². The Balaban J connectivity index is 2.10. The van der Waals surface area contributed by atoms with E-state index in [4.69, 9.17) is 0 Å². The van der Waals surface area contributed by atoms with Crippen molar-refractivity contribution in [3.05, 3.63) is 0 Å². The van der Waals surface area contributed by atoms with Gasteiger partial charge in [-0.2, -0.15) is 0 Å². The molecule has 2 rings (SSSR count). The van der Waals surface area contributed by atoms with Gasteiger partial charge in [0.1, 0.15) is 5.78 Å². The van der Waals surface area contributed by atoms with Crippen LogP contribution in [0.2, 0.25) is 0 Å². The smallest absolute Gasteiger partial charge is 0.223 e. The molecule has 0 N–H and O–H groups in total. The summed E-state index contributed by atoms with van der Waals surface area (Å²) in [7, 11) is 0. The van der Waals surface area contributed by atoms with Crippen LogP contribution in [-0.4, -0.2) is 28.7 Å². The van der Waals surface area contributed by atoms with Crippen LogP contribution in [0.15, 0.2) is 0 Å². The van der Waals surface area contributed by atoms with Gasteiger partial charge in [-0.25, -0.2) is 0 Å². The average Bonchev–Trinajstić information content (AvgIpc) is 2.75. The standard InChI is InChI=1S/C14H23NO2/c1-12(16)7-10-14(8-3-2-4-9-14)15-11-5-6-13(15)17/h2-11H2,1H3. The second-order valence-corrected chi connectivity index (χ2v) is 5.64. The first kappa shape index (κ1) is 12.6. The van der Waals surface area contributed by atoms with Crippen molar-refractivity contribution in [2.45, 2.75) is 70.3 Å². The Morgan fingerprint density at radius 3 is 2.47 bits per heavy atom. The predicted octanol–water partition coefficient (Wildman–Crippen LogP) is 2.68. The fourth-order valence-corrected chi connectivity index (χ4v) is 3.42. The van der Waals surface area contributed by atoms with Crippen molar-refractivity contribution in [3.63, 3.8) is 0 Å². The minimum absolute atomic E-state index is 0.0253. The number of hydrogen-bond donors (Lipinski definition) is 0. The van der Waals surface area contributed by atoms with E-state index in [1.807, 2.05) is 0 Å². The van der Waals surface area contributed by atoms with Gasteiger partial charge in [0, 0.05) is 24.9 Å². The number of nitrogens with zero attached hydrogens (tertiary/aromatic N) is 1. The molecule has 3 heteroatoms. The van der Waals surface area contributed by atoms with Gasteiger partial charge in [0.05, 0.1) is 0 Å². The summed E-state index contributed by atoms with van der Waals surface area (Å²) in [6.45, 7) is 2.57. The average molecular weight is 237 g/mol. The highest BCUT2D eigenvalue weighted by atomic mass is 16.2. The van der Waals surface area contributed by atoms with Gasteiger partial charge in [-0.1, -0.05) is 19.3 Å². The summed E-state index contributed by atoms with van der Waals surface area (Å²) < 4.78 is 0. The molecule has 0 aromatic carbocycles. The van der Waals surface area contributed by atoms with Gasteiger partial charge in [-0.3, -0.25) is 4.79 Å². The molecule has 17 heavy (non-hydrogen) atoms. The molecule has 2 fully saturated rings. The molecule has 1 saturated heterocycles. The Morgan fingerprint density at radius 1 is 1.24 bits per heavy atom. The van der Waals surface area contributed by atoms with Crippen molar-refractivity contribution in [1.29, 1.82) is 0 Å². The van der Waals surface area contributed by atoms with E-state index in [1.165, 1.54) is 19.3 Å². The maximum atomic E-state index is 12.0. The number of rotatable bonds is 4. The minimum Gasteiger partial charge on any atom is -0.337 e. The molecule has 0 bridgehead atoms. The topological polar surface area (TPSA) is 37.4 Å². The molecule has 0 aromatic heterocycles. The zero-order chi connectivity index (χ0) is 12.3. The maximum absolute atomic E-state index is 12.0. The van der Waals surface area contributed by atoms with Gasteiger partial charge in [0.15, 0.2) is 0 Å². The number of Topliss-reactive ketones (excluding diaryl/α,β-unsaturated/α-hetero) is 1. The van der Waals surface area contributed by atoms with Crippen LogP contribution in [0, 0.1) is 0 Å². The lowest BCUT2D eigenvalue weighted by Gasteiger charge is -2.45. The van der Waals surface area contributed by atoms with Crippen LogP contribution in [0.3, 0.4) is 0 Å². The number of carbonyl (C=O) groups excluding carboxylic acids is 2. The second-order valence-electron chi connectivity index (χ2n) is 5.64. The maximum Gasteiger partial charge on any atom is 0.223 e. The molecule has 0 atom stereocenters. The summed E-state index contributed by atoms with van der Waals surface area (Å²) in [6, 6.07) is 0. The summed E-state index contributed by atoms with van der Waals surface area (Å²) >= 11 is 0. The molecule has 0 unspecified atom stereocenters. The number of carbonyl (C=O) groups is 2. The summed E-state index contributed by atoms with van der Waals surface area (Å²) in [4.78, 5) is 25.3. The van der Waals surface area contributed by atoms with E-state index >= 15 is 0 Å². The molecule has 1 saturated carbocycles. The van der Waals surface area contributed by atoms with Crippen molar-refractivity contribution < 1.29 is 9.59 Å². The highest BCUT2D eigenvalue weighted by molar-refractivity contribution is 5.79. The molecular formula is C14H23NO2. The van der Waals surface area contributed by atoms with Crippen molar-refractivity contribution in [2.75, 3.05) is 6.54 Å². The van der Waals surface area contributed by atoms with Crippen molar-refractivity contribution in [2.24, 2.45) is 0 Å². The van der Waals surface area contributed by atoms with Crippen molar-refractivity contribution in [1.82, 2.24) is 4.90 Å². The molecule has 3 nitrogen and oxygen atoms in total. The first-order valence-corrected chi connectivity index (χ1v) is 6.94. The van der Waals surface area contributed by atoms with Crippen LogP contribution in [0.5, 0.6) is 0 Å². The lowest BCUT2D eigenvalue weighted by Crippen LogP contribution is -2.50. The molecule has 1 heterocycles. The van der Waals surface area contributed by atoms with Gasteiger partial charge in [0.2, 0.25) is 5.91 Å². The third-order valence-corrected chi connectivity index (χ3v) is 4.37. The number of likely N-dealkylation sites (tertiary alicyclic amines) is 1. The Bertz CT molecular complexity index is 305. The summed E-state index contributed by atoms with van der Waals surface area (Å²) in [5.74, 6) is 0.567. The Kier molecular flexibility index (Phi) is 3.85. The Morgan fingerprint density at radius 2 is 1.94 bits per heavy atom. The van der Waals surface area contributed by atoms with Gasteiger partial charge in [-0.05, 0) is 32.6 Å². The highest BCUT2D eigenvalue weighted by Crippen LogP contribution is 2.39. The number of hydrogen-bond acceptors (Lipinski definition) is 2. The number of ketones is 1. The largest absolute Gasteiger partial charge is 0.337 e. The molecule has 1 aliphatic carbocycles. The second kappa shape index (κ2) is 5.19. The minimum atomic E-state index is 0.0253. The fraction of sp³-hybridized carbons (Fsp3) is 0.857. The van der Waals surface area contributed by atoms with Crippen molar-refractivity contribution in [3.8, 4) is 0 Å². The van der Waals surface area contributed by atoms with E-state index in [0.717, 1.165) is 32.2 Å². The molecule has 0 aromatic rings. The Labute approximate surface area is 104 Å². The van der Waals surface area contributed by atoms with Crippen LogP contribution in [-0.2, 0) is 9.59 Å². The Hall–Kier alpha value is -0.860. The summed E-state index contributed by atoms with van der Waals surface area (Å²) in [5, 5.41) is 0. The lowest BCUT2D eigenvalue weighted by molar-refractivity contribution is -0.135. The zero-order valence-corrected chi connectivity index (χ0v) is 10.8. The van der Waals surface area contributed by atoms with Crippen LogP contribution in [0.4, 0.5) is 0 Å². The van der Waals surface area contributed by atoms with E-state index in [2.05, 4.69) is 4.90 Å². The van der Waals surface area contributed by atoms with E-state index < -0.39 is 0 Å². The quantitative estimate of drug-likeness (QED) is 0.754. The van der Waals surface area contributed by atoms with Gasteiger partial charge < -0.3 is 9.69 Å². The molecule has 2 aliphatic rings. The SMILES string of the molecule is CC(=O)CCC1(N2CCCC2=O)CCCCC1. The van der Waals surface area contributed by atoms with Gasteiger partial charge >= 0.3 is 0 Å². The van der Waals surface area contributed by atoms with Crippen LogP contribution in [0.25, 0.3) is 0 Å². The third-order valence-electron chi connectivity index (χ3n) is 4.37. The lowest BCUT2D eigenvalue weighted by atomic mass is 9.77. The van der Waals surface area contributed by atoms with E-state index in [0.29, 0.717) is 18.7 Å². The van der Waals surface area contributed by atoms with E-state index in [-0.39, 0.29) is 11.3 Å². The molecule has 1 aliphatic heterocycles. The zero-order valence-electron chi connectivity index (χ0n) is 10.8.